The molecule has 1 aromatic heterocycles. The van der Waals surface area contributed by atoms with Crippen molar-refractivity contribution in [2.75, 3.05) is 31.1 Å². The highest BCUT2D eigenvalue weighted by Gasteiger charge is 2.33. The summed E-state index contributed by atoms with van der Waals surface area (Å²) in [5.41, 5.74) is 0.639. The Morgan fingerprint density at radius 2 is 1.48 bits per heavy atom. The van der Waals surface area contributed by atoms with Gasteiger partial charge in [0, 0.05) is 26.2 Å². The van der Waals surface area contributed by atoms with Gasteiger partial charge in [0.15, 0.2) is 0 Å². The van der Waals surface area contributed by atoms with Crippen LogP contribution in [0.4, 0.5) is 23.2 Å². The van der Waals surface area contributed by atoms with E-state index in [9.17, 15) is 26.0 Å². The highest BCUT2D eigenvalue weighted by molar-refractivity contribution is 7.89. The van der Waals surface area contributed by atoms with Crippen LogP contribution in [0, 0.1) is 37.4 Å². The maximum absolute atomic E-state index is 13.9. The molecule has 1 aromatic carbocycles. The fourth-order valence-electron chi connectivity index (χ4n) is 3.13. The molecule has 0 saturated carbocycles. The van der Waals surface area contributed by atoms with Crippen LogP contribution in [0.5, 0.6) is 0 Å². The van der Waals surface area contributed by atoms with E-state index in [1.54, 1.807) is 19.1 Å². The van der Waals surface area contributed by atoms with Crippen LogP contribution >= 0.6 is 0 Å². The molecule has 5 nitrogen and oxygen atoms in total. The topological polar surface area (TPSA) is 53.5 Å². The first-order valence-electron chi connectivity index (χ1n) is 8.15. The summed E-state index contributed by atoms with van der Waals surface area (Å²) >= 11 is 0. The molecule has 0 aliphatic carbocycles. The van der Waals surface area contributed by atoms with E-state index in [1.807, 2.05) is 6.92 Å². The van der Waals surface area contributed by atoms with Crippen LogP contribution in [0.25, 0.3) is 0 Å². The average molecular weight is 403 g/mol. The van der Waals surface area contributed by atoms with Crippen LogP contribution in [0.15, 0.2) is 23.1 Å². The maximum atomic E-state index is 13.9. The van der Waals surface area contributed by atoms with E-state index in [0.29, 0.717) is 5.56 Å². The van der Waals surface area contributed by atoms with Gasteiger partial charge in [-0.3, -0.25) is 0 Å². The Kier molecular flexibility index (Phi) is 5.13. The van der Waals surface area contributed by atoms with Crippen molar-refractivity contribution in [2.45, 2.75) is 18.7 Å². The van der Waals surface area contributed by atoms with Crippen LogP contribution in [-0.2, 0) is 10.0 Å². The van der Waals surface area contributed by atoms with Gasteiger partial charge >= 0.3 is 0 Å². The van der Waals surface area contributed by atoms with E-state index in [4.69, 9.17) is 0 Å². The van der Waals surface area contributed by atoms with Gasteiger partial charge in [0.05, 0.1) is 4.90 Å². The quantitative estimate of drug-likeness (QED) is 0.584. The first-order valence-corrected chi connectivity index (χ1v) is 9.59. The lowest BCUT2D eigenvalue weighted by Crippen LogP contribution is -2.49. The van der Waals surface area contributed by atoms with Crippen molar-refractivity contribution in [3.63, 3.8) is 0 Å². The van der Waals surface area contributed by atoms with E-state index in [0.717, 1.165) is 10.5 Å². The molecule has 2 heterocycles. The lowest BCUT2D eigenvalue weighted by molar-refractivity contribution is 0.369. The Hall–Kier alpha value is -2.20. The van der Waals surface area contributed by atoms with Crippen LogP contribution in [0.2, 0.25) is 0 Å². The summed E-state index contributed by atoms with van der Waals surface area (Å²) in [7, 11) is -3.79. The zero-order valence-electron chi connectivity index (χ0n) is 14.6. The van der Waals surface area contributed by atoms with E-state index in [2.05, 4.69) is 4.98 Å². The van der Waals surface area contributed by atoms with Gasteiger partial charge < -0.3 is 4.90 Å². The van der Waals surface area contributed by atoms with Crippen molar-refractivity contribution in [3.8, 4) is 0 Å². The number of aryl methyl sites for hydroxylation is 2. The highest BCUT2D eigenvalue weighted by atomic mass is 32.2. The van der Waals surface area contributed by atoms with Crippen molar-refractivity contribution in [3.05, 3.63) is 52.9 Å². The van der Waals surface area contributed by atoms with Crippen LogP contribution in [-0.4, -0.2) is 43.9 Å². The molecule has 1 fully saturated rings. The van der Waals surface area contributed by atoms with Gasteiger partial charge in [-0.25, -0.2) is 8.42 Å². The minimum atomic E-state index is -3.79. The van der Waals surface area contributed by atoms with Crippen molar-refractivity contribution < 1.29 is 26.0 Å². The first-order chi connectivity index (χ1) is 12.6. The zero-order valence-corrected chi connectivity index (χ0v) is 15.5. The summed E-state index contributed by atoms with van der Waals surface area (Å²) < 4.78 is 81.3. The molecule has 3 rings (SSSR count). The summed E-state index contributed by atoms with van der Waals surface area (Å²) in [4.78, 5) is 3.75. The molecular weight excluding hydrogens is 386 g/mol. The summed E-state index contributed by atoms with van der Waals surface area (Å²) in [5.74, 6) is -6.68. The maximum Gasteiger partial charge on any atom is 0.253 e. The molecule has 0 radical (unpaired) electrons. The largest absolute Gasteiger partial charge is 0.364 e. The third-order valence-corrected chi connectivity index (χ3v) is 6.54. The second kappa shape index (κ2) is 7.08. The van der Waals surface area contributed by atoms with Gasteiger partial charge in [0.2, 0.25) is 21.7 Å². The summed E-state index contributed by atoms with van der Waals surface area (Å²) in [6.45, 7) is 3.11. The van der Waals surface area contributed by atoms with Crippen LogP contribution < -0.4 is 4.90 Å². The van der Waals surface area contributed by atoms with Gasteiger partial charge in [-0.05, 0) is 25.5 Å². The van der Waals surface area contributed by atoms with Crippen molar-refractivity contribution in [2.24, 2.45) is 0 Å². The zero-order chi connectivity index (χ0) is 19.9. The smallest absolute Gasteiger partial charge is 0.253 e. The number of nitrogens with zero attached hydrogens (tertiary/aromatic N) is 3. The Labute approximate surface area is 154 Å². The molecule has 2 aromatic rings. The van der Waals surface area contributed by atoms with E-state index in [1.165, 1.54) is 10.4 Å². The average Bonchev–Trinajstić information content (AvgIpc) is 2.60. The Bertz CT molecular complexity index is 964. The minimum absolute atomic E-state index is 0.0832. The van der Waals surface area contributed by atoms with Gasteiger partial charge in [-0.2, -0.15) is 26.9 Å². The molecule has 0 unspecified atom stereocenters. The number of piperazine rings is 1. The molecule has 0 N–H and O–H groups in total. The van der Waals surface area contributed by atoms with Crippen molar-refractivity contribution >= 4 is 15.7 Å². The van der Waals surface area contributed by atoms with Gasteiger partial charge in [-0.15, -0.1) is 0 Å². The van der Waals surface area contributed by atoms with Gasteiger partial charge in [-0.1, -0.05) is 17.7 Å². The second-order valence-electron chi connectivity index (χ2n) is 6.33. The number of benzene rings is 1. The van der Waals surface area contributed by atoms with E-state index in [-0.39, 0.29) is 31.1 Å². The third kappa shape index (κ3) is 3.51. The number of aromatic nitrogens is 1. The summed E-state index contributed by atoms with van der Waals surface area (Å²) in [6, 6.07) is 4.94. The molecule has 0 spiro atoms. The molecule has 10 heteroatoms. The van der Waals surface area contributed by atoms with Gasteiger partial charge in [0.25, 0.3) is 11.9 Å². The molecule has 1 aliphatic rings. The lowest BCUT2D eigenvalue weighted by atomic mass is 10.2. The van der Waals surface area contributed by atoms with Crippen LogP contribution in [0.1, 0.15) is 11.1 Å². The number of anilines is 1. The van der Waals surface area contributed by atoms with Crippen LogP contribution in [0.3, 0.4) is 0 Å². The molecular formula is C17H17F4N3O2S. The number of hydrogen-bond donors (Lipinski definition) is 0. The second-order valence-corrected chi connectivity index (χ2v) is 8.24. The molecule has 0 amide bonds. The van der Waals surface area contributed by atoms with Crippen molar-refractivity contribution in [1.82, 2.24) is 9.29 Å². The molecule has 27 heavy (non-hydrogen) atoms. The Morgan fingerprint density at radius 1 is 0.926 bits per heavy atom. The highest BCUT2D eigenvalue weighted by Crippen LogP contribution is 2.29. The predicted molar refractivity (Wildman–Crippen MR) is 91.0 cm³/mol. The number of rotatable bonds is 3. The van der Waals surface area contributed by atoms with E-state index >= 15 is 0 Å². The standard InChI is InChI=1S/C17H17F4N3O2S/c1-10-3-4-12(11(2)9-10)27(25,26)24-7-5-23(6-8-24)15-13(18)16(20)22-17(21)14(15)19/h3-4,9H,5-8H2,1-2H3. The fraction of sp³-hybridized carbons (Fsp3) is 0.353. The molecule has 0 atom stereocenters. The number of halogens is 4. The monoisotopic (exact) mass is 403 g/mol. The number of pyridine rings is 1. The minimum Gasteiger partial charge on any atom is -0.364 e. The Balaban J connectivity index is 1.84. The summed E-state index contributed by atoms with van der Waals surface area (Å²) in [6.07, 6.45) is 0. The lowest BCUT2D eigenvalue weighted by Gasteiger charge is -2.35. The third-order valence-electron chi connectivity index (χ3n) is 4.48. The Morgan fingerprint density at radius 3 is 2.00 bits per heavy atom. The molecule has 1 aliphatic heterocycles. The summed E-state index contributed by atoms with van der Waals surface area (Å²) in [5, 5.41) is 0. The van der Waals surface area contributed by atoms with Gasteiger partial charge in [0.1, 0.15) is 5.69 Å². The normalized spacial score (nSPS) is 16.0. The SMILES string of the molecule is Cc1ccc(S(=O)(=O)N2CCN(c3c(F)c(F)nc(F)c3F)CC2)c(C)c1. The predicted octanol–water partition coefficient (Wildman–Crippen LogP) is 2.77. The molecule has 146 valence electrons. The fourth-order valence-corrected chi connectivity index (χ4v) is 4.76. The van der Waals surface area contributed by atoms with E-state index < -0.39 is 39.2 Å². The number of sulfonamides is 1. The molecule has 0 bridgehead atoms. The number of hydrogen-bond acceptors (Lipinski definition) is 4. The first kappa shape index (κ1) is 19.6. The van der Waals surface area contributed by atoms with Crippen molar-refractivity contribution in [1.29, 1.82) is 0 Å². The molecule has 1 saturated heterocycles.